The lowest BCUT2D eigenvalue weighted by atomic mass is 10.2. The number of amides is 1. The minimum absolute atomic E-state index is 0.278. The number of halogens is 1. The Bertz CT molecular complexity index is 611. The molecule has 21 heavy (non-hydrogen) atoms. The van der Waals surface area contributed by atoms with Crippen LogP contribution in [0.1, 0.15) is 24.2 Å². The highest BCUT2D eigenvalue weighted by molar-refractivity contribution is 6.34. The summed E-state index contributed by atoms with van der Waals surface area (Å²) in [5, 5.41) is 3.09. The average molecular weight is 305 g/mol. The van der Waals surface area contributed by atoms with Gasteiger partial charge in [0.2, 0.25) is 0 Å². The molecule has 2 heterocycles. The maximum absolute atomic E-state index is 12.1. The van der Waals surface area contributed by atoms with Gasteiger partial charge in [-0.2, -0.15) is 0 Å². The van der Waals surface area contributed by atoms with Gasteiger partial charge in [0.05, 0.1) is 22.5 Å². The molecule has 0 unspecified atom stereocenters. The van der Waals surface area contributed by atoms with Crippen molar-refractivity contribution in [1.82, 2.24) is 9.97 Å². The first-order valence-electron chi connectivity index (χ1n) is 6.77. The standard InChI is InChI=1S/C15H17ClN4O/c1-3-20(4-2)14-6-5-11(9-18-14)19-15(21)12-7-8-17-10-13(12)16/h5-10H,3-4H2,1-2H3,(H,19,21). The minimum Gasteiger partial charge on any atom is -0.357 e. The molecule has 6 heteroatoms. The van der Waals surface area contributed by atoms with Gasteiger partial charge in [-0.15, -0.1) is 0 Å². The fourth-order valence-electron chi connectivity index (χ4n) is 1.95. The third-order valence-electron chi connectivity index (χ3n) is 3.11. The van der Waals surface area contributed by atoms with E-state index in [9.17, 15) is 4.79 Å². The van der Waals surface area contributed by atoms with E-state index in [0.717, 1.165) is 18.9 Å². The first kappa shape index (κ1) is 15.3. The van der Waals surface area contributed by atoms with E-state index in [0.29, 0.717) is 16.3 Å². The summed E-state index contributed by atoms with van der Waals surface area (Å²) < 4.78 is 0. The monoisotopic (exact) mass is 304 g/mol. The lowest BCUT2D eigenvalue weighted by molar-refractivity contribution is 0.102. The van der Waals surface area contributed by atoms with Crippen LogP contribution < -0.4 is 10.2 Å². The van der Waals surface area contributed by atoms with Gasteiger partial charge in [0.1, 0.15) is 5.82 Å². The Morgan fingerprint density at radius 1 is 1.24 bits per heavy atom. The molecule has 1 N–H and O–H groups in total. The summed E-state index contributed by atoms with van der Waals surface area (Å²) in [5.41, 5.74) is 1.02. The molecule has 0 aliphatic rings. The van der Waals surface area contributed by atoms with Gasteiger partial charge in [-0.3, -0.25) is 9.78 Å². The Hall–Kier alpha value is -2.14. The van der Waals surface area contributed by atoms with Gasteiger partial charge >= 0.3 is 0 Å². The molecule has 0 aromatic carbocycles. The van der Waals surface area contributed by atoms with E-state index >= 15 is 0 Å². The molecule has 0 bridgehead atoms. The molecular formula is C15H17ClN4O. The van der Waals surface area contributed by atoms with Crippen molar-refractivity contribution in [3.63, 3.8) is 0 Å². The van der Waals surface area contributed by atoms with Crippen molar-refractivity contribution in [2.45, 2.75) is 13.8 Å². The Kier molecular flexibility index (Phi) is 5.11. The maximum Gasteiger partial charge on any atom is 0.257 e. The van der Waals surface area contributed by atoms with Gasteiger partial charge in [0.25, 0.3) is 5.91 Å². The van der Waals surface area contributed by atoms with Gasteiger partial charge < -0.3 is 10.2 Å². The van der Waals surface area contributed by atoms with Crippen LogP contribution in [0.25, 0.3) is 0 Å². The van der Waals surface area contributed by atoms with Crippen LogP contribution in [0, 0.1) is 0 Å². The predicted molar refractivity (Wildman–Crippen MR) is 85.0 cm³/mol. The van der Waals surface area contributed by atoms with Gasteiger partial charge in [-0.1, -0.05) is 11.6 Å². The molecule has 0 saturated heterocycles. The van der Waals surface area contributed by atoms with Crippen molar-refractivity contribution in [2.24, 2.45) is 0 Å². The topological polar surface area (TPSA) is 58.1 Å². The molecule has 2 aromatic heterocycles. The molecule has 0 fully saturated rings. The van der Waals surface area contributed by atoms with E-state index in [2.05, 4.69) is 34.0 Å². The molecule has 2 aromatic rings. The summed E-state index contributed by atoms with van der Waals surface area (Å²) in [5.74, 6) is 0.611. The van der Waals surface area contributed by atoms with Crippen molar-refractivity contribution >= 4 is 29.0 Å². The zero-order valence-electron chi connectivity index (χ0n) is 12.0. The van der Waals surface area contributed by atoms with Crippen LogP contribution in [-0.4, -0.2) is 29.0 Å². The fraction of sp³-hybridized carbons (Fsp3) is 0.267. The quantitative estimate of drug-likeness (QED) is 0.921. The molecule has 0 aliphatic carbocycles. The predicted octanol–water partition coefficient (Wildman–Crippen LogP) is 3.23. The summed E-state index contributed by atoms with van der Waals surface area (Å²) in [6.07, 6.45) is 4.61. The number of carbonyl (C=O) groups excluding carboxylic acids is 1. The van der Waals surface area contributed by atoms with E-state index < -0.39 is 0 Å². The summed E-state index contributed by atoms with van der Waals surface area (Å²) >= 11 is 5.94. The molecule has 0 atom stereocenters. The number of pyridine rings is 2. The summed E-state index contributed by atoms with van der Waals surface area (Å²) in [4.78, 5) is 22.4. The van der Waals surface area contributed by atoms with Crippen LogP contribution in [0.15, 0.2) is 36.8 Å². The van der Waals surface area contributed by atoms with E-state index in [1.807, 2.05) is 12.1 Å². The number of aromatic nitrogens is 2. The summed E-state index contributed by atoms with van der Waals surface area (Å²) in [6.45, 7) is 5.93. The molecule has 2 rings (SSSR count). The highest BCUT2D eigenvalue weighted by Crippen LogP contribution is 2.17. The number of carbonyl (C=O) groups is 1. The molecule has 0 spiro atoms. The number of anilines is 2. The van der Waals surface area contributed by atoms with Gasteiger partial charge in [-0.25, -0.2) is 4.98 Å². The van der Waals surface area contributed by atoms with Gasteiger partial charge in [-0.05, 0) is 32.0 Å². The SMILES string of the molecule is CCN(CC)c1ccc(NC(=O)c2ccncc2Cl)cn1. The van der Waals surface area contributed by atoms with Crippen LogP contribution >= 0.6 is 11.6 Å². The van der Waals surface area contributed by atoms with Crippen molar-refractivity contribution in [3.05, 3.63) is 47.4 Å². The number of nitrogens with one attached hydrogen (secondary N) is 1. The molecule has 0 aliphatic heterocycles. The maximum atomic E-state index is 12.1. The van der Waals surface area contributed by atoms with Crippen molar-refractivity contribution < 1.29 is 4.79 Å². The fourth-order valence-corrected chi connectivity index (χ4v) is 2.16. The molecular weight excluding hydrogens is 288 g/mol. The average Bonchev–Trinajstić information content (AvgIpc) is 2.50. The number of nitrogens with zero attached hydrogens (tertiary/aromatic N) is 3. The van der Waals surface area contributed by atoms with E-state index in [-0.39, 0.29) is 5.91 Å². The Morgan fingerprint density at radius 3 is 2.57 bits per heavy atom. The second kappa shape index (κ2) is 7.04. The third-order valence-corrected chi connectivity index (χ3v) is 3.41. The number of rotatable bonds is 5. The summed E-state index contributed by atoms with van der Waals surface area (Å²) in [6, 6.07) is 5.29. The lowest BCUT2D eigenvalue weighted by Crippen LogP contribution is -2.22. The Balaban J connectivity index is 2.10. The van der Waals surface area contributed by atoms with E-state index in [4.69, 9.17) is 11.6 Å². The minimum atomic E-state index is -0.278. The number of hydrogen-bond acceptors (Lipinski definition) is 4. The second-order valence-corrected chi connectivity index (χ2v) is 4.79. The zero-order chi connectivity index (χ0) is 15.2. The highest BCUT2D eigenvalue weighted by atomic mass is 35.5. The van der Waals surface area contributed by atoms with Gasteiger partial charge in [0.15, 0.2) is 0 Å². The van der Waals surface area contributed by atoms with Gasteiger partial charge in [0, 0.05) is 25.5 Å². The van der Waals surface area contributed by atoms with Crippen LogP contribution in [0.5, 0.6) is 0 Å². The van der Waals surface area contributed by atoms with E-state index in [1.54, 1.807) is 12.3 Å². The molecule has 110 valence electrons. The summed E-state index contributed by atoms with van der Waals surface area (Å²) in [7, 11) is 0. The van der Waals surface area contributed by atoms with E-state index in [1.165, 1.54) is 12.4 Å². The number of hydrogen-bond donors (Lipinski definition) is 1. The first-order valence-corrected chi connectivity index (χ1v) is 7.15. The highest BCUT2D eigenvalue weighted by Gasteiger charge is 2.11. The Morgan fingerprint density at radius 2 is 2.00 bits per heavy atom. The zero-order valence-corrected chi connectivity index (χ0v) is 12.8. The lowest BCUT2D eigenvalue weighted by Gasteiger charge is -2.19. The Labute approximate surface area is 129 Å². The van der Waals surface area contributed by atoms with Crippen molar-refractivity contribution in [3.8, 4) is 0 Å². The van der Waals surface area contributed by atoms with Crippen molar-refractivity contribution in [2.75, 3.05) is 23.3 Å². The third kappa shape index (κ3) is 3.70. The molecule has 5 nitrogen and oxygen atoms in total. The van der Waals surface area contributed by atoms with Crippen LogP contribution in [0.3, 0.4) is 0 Å². The molecule has 1 amide bonds. The normalized spacial score (nSPS) is 10.2. The van der Waals surface area contributed by atoms with Crippen LogP contribution in [-0.2, 0) is 0 Å². The smallest absolute Gasteiger partial charge is 0.257 e. The largest absolute Gasteiger partial charge is 0.357 e. The molecule has 0 radical (unpaired) electrons. The van der Waals surface area contributed by atoms with Crippen molar-refractivity contribution in [1.29, 1.82) is 0 Å². The first-order chi connectivity index (χ1) is 10.2. The van der Waals surface area contributed by atoms with Crippen LogP contribution in [0.2, 0.25) is 5.02 Å². The molecule has 0 saturated carbocycles. The van der Waals surface area contributed by atoms with Crippen LogP contribution in [0.4, 0.5) is 11.5 Å². The second-order valence-electron chi connectivity index (χ2n) is 4.39.